The van der Waals surface area contributed by atoms with Gasteiger partial charge in [-0.3, -0.25) is 29.0 Å². The lowest BCUT2D eigenvalue weighted by Crippen LogP contribution is -2.51. The van der Waals surface area contributed by atoms with Crippen molar-refractivity contribution in [3.05, 3.63) is 52.1 Å². The fourth-order valence-electron chi connectivity index (χ4n) is 4.16. The lowest BCUT2D eigenvalue weighted by atomic mass is 10.0. The highest BCUT2D eigenvalue weighted by atomic mass is 32.1. The number of anilines is 2. The number of H-pyrrole nitrogens is 1. The van der Waals surface area contributed by atoms with E-state index in [9.17, 15) is 33.9 Å². The van der Waals surface area contributed by atoms with Crippen LogP contribution in [0.4, 0.5) is 11.6 Å². The highest BCUT2D eigenvalue weighted by molar-refractivity contribution is 7.80. The molecule has 4 atom stereocenters. The predicted molar refractivity (Wildman–Crippen MR) is 176 cm³/mol. The SMILES string of the molecule is CC(CS)NC(=O)C(C)NC(=O)C(N)CCC(=O)CCC(NC(=O)c1ccc(NCc2cnc3nc(N)[nH]c(=O)c3n2)cc1)C(=O)O. The van der Waals surface area contributed by atoms with Crippen LogP contribution in [0.25, 0.3) is 11.2 Å². The Balaban J connectivity index is 1.44. The molecule has 0 saturated heterocycles. The number of benzene rings is 1. The standard InChI is InChI=1S/C29H38N10O7S/c1-14(13-47)34-24(41)15(2)35-26(43)20(30)9-7-19(40)8-10-21(28(45)46)37-25(42)16-3-5-17(6-4-16)32-11-18-12-33-23-22(36-18)27(44)39-29(31)38-23/h3-6,12,14-15,20-21,32,47H,7-11,13,30H2,1-2H3,(H,34,41)(H,35,43)(H,37,42)(H,45,46)(H3,31,33,38,39,44). The Kier molecular flexibility index (Phi) is 13.1. The molecule has 2 heterocycles. The molecule has 0 fully saturated rings. The molecule has 0 bridgehead atoms. The molecule has 10 N–H and O–H groups in total. The van der Waals surface area contributed by atoms with Crippen molar-refractivity contribution in [2.24, 2.45) is 5.73 Å². The molecule has 0 radical (unpaired) electrons. The first-order valence-electron chi connectivity index (χ1n) is 14.6. The third kappa shape index (κ3) is 11.0. The molecule has 3 amide bonds. The van der Waals surface area contributed by atoms with E-state index in [0.717, 1.165) is 0 Å². The number of Topliss-reactive ketones (excluding diaryl/α,β-unsaturated/α-hetero) is 1. The van der Waals surface area contributed by atoms with Crippen LogP contribution in [0.15, 0.2) is 35.3 Å². The highest BCUT2D eigenvalue weighted by Gasteiger charge is 2.24. The van der Waals surface area contributed by atoms with Gasteiger partial charge in [0.2, 0.25) is 17.8 Å². The third-order valence-corrected chi connectivity index (χ3v) is 7.46. The first-order valence-corrected chi connectivity index (χ1v) is 15.3. The molecule has 0 aliphatic heterocycles. The van der Waals surface area contributed by atoms with Gasteiger partial charge in [-0.05, 0) is 51.0 Å². The van der Waals surface area contributed by atoms with Crippen LogP contribution in [-0.4, -0.2) is 84.4 Å². The average Bonchev–Trinajstić information content (AvgIpc) is 3.04. The number of aromatic amines is 1. The van der Waals surface area contributed by atoms with E-state index in [1.165, 1.54) is 25.3 Å². The van der Waals surface area contributed by atoms with Crippen molar-refractivity contribution in [2.75, 3.05) is 16.8 Å². The zero-order valence-corrected chi connectivity index (χ0v) is 26.7. The summed E-state index contributed by atoms with van der Waals surface area (Å²) in [5, 5.41) is 20.3. The number of ketones is 1. The largest absolute Gasteiger partial charge is 0.480 e. The summed E-state index contributed by atoms with van der Waals surface area (Å²) in [6.07, 6.45) is 1.02. The Labute approximate surface area is 274 Å². The van der Waals surface area contributed by atoms with Crippen molar-refractivity contribution in [1.82, 2.24) is 35.9 Å². The predicted octanol–water partition coefficient (Wildman–Crippen LogP) is -0.514. The molecule has 4 unspecified atom stereocenters. The molecule has 0 aliphatic carbocycles. The molecule has 0 aliphatic rings. The topological polar surface area (TPSA) is 277 Å². The van der Waals surface area contributed by atoms with Crippen LogP contribution in [0.3, 0.4) is 0 Å². The van der Waals surface area contributed by atoms with E-state index in [1.54, 1.807) is 19.1 Å². The third-order valence-electron chi connectivity index (χ3n) is 6.91. The molecule has 18 heteroatoms. The fourth-order valence-corrected chi connectivity index (χ4v) is 4.26. The maximum absolute atomic E-state index is 12.7. The van der Waals surface area contributed by atoms with Crippen molar-refractivity contribution >= 4 is 64.9 Å². The van der Waals surface area contributed by atoms with Crippen LogP contribution in [0.5, 0.6) is 0 Å². The normalized spacial score (nSPS) is 13.5. The number of hydrogen-bond donors (Lipinski definition) is 9. The molecule has 0 saturated carbocycles. The number of carboxylic acids is 1. The van der Waals surface area contributed by atoms with Crippen LogP contribution in [-0.2, 0) is 25.7 Å². The van der Waals surface area contributed by atoms with Crippen molar-refractivity contribution in [3.63, 3.8) is 0 Å². The molecular weight excluding hydrogens is 632 g/mol. The second kappa shape index (κ2) is 17.0. The number of nitrogens with two attached hydrogens (primary N) is 2. The molecule has 47 heavy (non-hydrogen) atoms. The molecule has 17 nitrogen and oxygen atoms in total. The number of carbonyl (C=O) groups is 5. The van der Waals surface area contributed by atoms with Gasteiger partial charge in [0.05, 0.1) is 24.5 Å². The van der Waals surface area contributed by atoms with Crippen LogP contribution >= 0.6 is 12.6 Å². The first-order chi connectivity index (χ1) is 22.3. The summed E-state index contributed by atoms with van der Waals surface area (Å²) in [4.78, 5) is 88.0. The van der Waals surface area contributed by atoms with Gasteiger partial charge in [0.1, 0.15) is 17.9 Å². The zero-order valence-electron chi connectivity index (χ0n) is 25.8. The number of carbonyl (C=O) groups excluding carboxylic acids is 4. The molecule has 1 aromatic carbocycles. The first kappa shape index (κ1) is 36.4. The van der Waals surface area contributed by atoms with E-state index < -0.39 is 47.4 Å². The second-order valence-electron chi connectivity index (χ2n) is 10.8. The number of amides is 3. The number of rotatable bonds is 17. The summed E-state index contributed by atoms with van der Waals surface area (Å²) in [5.41, 5.74) is 12.3. The van der Waals surface area contributed by atoms with Crippen LogP contribution in [0, 0.1) is 0 Å². The minimum Gasteiger partial charge on any atom is -0.480 e. The minimum absolute atomic E-state index is 0.00537. The van der Waals surface area contributed by atoms with Crippen molar-refractivity contribution in [3.8, 4) is 0 Å². The number of fused-ring (bicyclic) bond motifs is 1. The summed E-state index contributed by atoms with van der Waals surface area (Å²) in [5.74, 6) is -2.93. The molecule has 3 rings (SSSR count). The van der Waals surface area contributed by atoms with Gasteiger partial charge >= 0.3 is 5.97 Å². The Morgan fingerprint density at radius 2 is 1.66 bits per heavy atom. The number of aliphatic carboxylic acids is 1. The van der Waals surface area contributed by atoms with Gasteiger partial charge in [0.25, 0.3) is 11.5 Å². The summed E-state index contributed by atoms with van der Waals surface area (Å²) >= 11 is 4.09. The number of aromatic nitrogens is 4. The molecular formula is C29H38N10O7S. The van der Waals surface area contributed by atoms with Gasteiger partial charge in [0.15, 0.2) is 11.2 Å². The van der Waals surface area contributed by atoms with Gasteiger partial charge < -0.3 is 37.8 Å². The van der Waals surface area contributed by atoms with Crippen molar-refractivity contribution < 1.29 is 29.1 Å². The lowest BCUT2D eigenvalue weighted by molar-refractivity contribution is -0.139. The molecule has 2 aromatic heterocycles. The molecule has 252 valence electrons. The number of nitrogens with zero attached hydrogens (tertiary/aromatic N) is 3. The Bertz CT molecular complexity index is 1670. The zero-order chi connectivity index (χ0) is 34.7. The number of hydrogen-bond acceptors (Lipinski definition) is 13. The Morgan fingerprint density at radius 1 is 0.979 bits per heavy atom. The molecule has 3 aromatic rings. The quantitative estimate of drug-likeness (QED) is 0.0819. The number of nitrogens with one attached hydrogen (secondary N) is 5. The van der Waals surface area contributed by atoms with Crippen molar-refractivity contribution in [1.29, 1.82) is 0 Å². The number of thiol groups is 1. The summed E-state index contributed by atoms with van der Waals surface area (Å²) < 4.78 is 0. The number of carboxylic acid groups (broad SMARTS) is 1. The van der Waals surface area contributed by atoms with Gasteiger partial charge in [-0.25, -0.2) is 14.8 Å². The van der Waals surface area contributed by atoms with Crippen LogP contribution in [0.2, 0.25) is 0 Å². The molecule has 0 spiro atoms. The van der Waals surface area contributed by atoms with Crippen molar-refractivity contribution in [2.45, 2.75) is 70.2 Å². The summed E-state index contributed by atoms with van der Waals surface area (Å²) in [7, 11) is 0. The second-order valence-corrected chi connectivity index (χ2v) is 11.2. The van der Waals surface area contributed by atoms with E-state index in [2.05, 4.69) is 53.8 Å². The van der Waals surface area contributed by atoms with Gasteiger partial charge in [-0.15, -0.1) is 0 Å². The van der Waals surface area contributed by atoms with Gasteiger partial charge in [-0.2, -0.15) is 17.6 Å². The van der Waals surface area contributed by atoms with E-state index >= 15 is 0 Å². The van der Waals surface area contributed by atoms with Gasteiger partial charge in [-0.1, -0.05) is 0 Å². The minimum atomic E-state index is -1.33. The summed E-state index contributed by atoms with van der Waals surface area (Å²) in [6, 6.07) is 2.78. The maximum Gasteiger partial charge on any atom is 0.326 e. The number of nitrogen functional groups attached to an aromatic ring is 1. The van der Waals surface area contributed by atoms with Gasteiger partial charge in [0, 0.05) is 35.9 Å². The summed E-state index contributed by atoms with van der Waals surface area (Å²) in [6.45, 7) is 3.47. The van der Waals surface area contributed by atoms with E-state index in [-0.39, 0.29) is 66.7 Å². The fraction of sp³-hybridized carbons (Fsp3) is 0.414. The van der Waals surface area contributed by atoms with Crippen LogP contribution < -0.4 is 38.3 Å². The smallest absolute Gasteiger partial charge is 0.326 e. The Hall–Kier alpha value is -5.10. The average molecular weight is 671 g/mol. The van der Waals surface area contributed by atoms with Crippen LogP contribution in [0.1, 0.15) is 55.6 Å². The lowest BCUT2D eigenvalue weighted by Gasteiger charge is -2.19. The Morgan fingerprint density at radius 3 is 2.32 bits per heavy atom. The maximum atomic E-state index is 12.7. The van der Waals surface area contributed by atoms with E-state index in [4.69, 9.17) is 11.5 Å². The monoisotopic (exact) mass is 670 g/mol. The highest BCUT2D eigenvalue weighted by Crippen LogP contribution is 2.13. The van der Waals surface area contributed by atoms with E-state index in [0.29, 0.717) is 17.1 Å². The van der Waals surface area contributed by atoms with E-state index in [1.807, 2.05) is 0 Å².